The summed E-state index contributed by atoms with van der Waals surface area (Å²) in [6.45, 7) is 6.12. The van der Waals surface area contributed by atoms with Gasteiger partial charge in [-0.15, -0.1) is 0 Å². The highest BCUT2D eigenvalue weighted by molar-refractivity contribution is 7.17. The predicted octanol–water partition coefficient (Wildman–Crippen LogP) is 2.52. The van der Waals surface area contributed by atoms with Crippen molar-refractivity contribution in [1.29, 1.82) is 0 Å². The molecule has 0 spiro atoms. The number of rotatable bonds is 5. The second-order valence-corrected chi connectivity index (χ2v) is 6.31. The van der Waals surface area contributed by atoms with Gasteiger partial charge in [-0.25, -0.2) is 9.97 Å². The molecule has 1 fully saturated rings. The lowest BCUT2D eigenvalue weighted by atomic mass is 10.1. The van der Waals surface area contributed by atoms with E-state index in [2.05, 4.69) is 16.5 Å². The zero-order chi connectivity index (χ0) is 15.5. The Kier molecular flexibility index (Phi) is 4.44. The third-order valence-corrected chi connectivity index (χ3v) is 4.94. The topological polar surface area (TPSA) is 74.4 Å². The molecule has 118 valence electrons. The molecule has 0 amide bonds. The maximum Gasteiger partial charge on any atom is 0.186 e. The van der Waals surface area contributed by atoms with Crippen LogP contribution in [0, 0.1) is 0 Å². The summed E-state index contributed by atoms with van der Waals surface area (Å²) in [6.07, 6.45) is 7.08. The summed E-state index contributed by atoms with van der Waals surface area (Å²) in [7, 11) is 0. The fourth-order valence-electron chi connectivity index (χ4n) is 2.69. The van der Waals surface area contributed by atoms with Gasteiger partial charge < -0.3 is 19.7 Å². The standard InChI is InChI=1S/C15H20N4O2S/c1-11(21)13-12(14-16-5-8-18(14)9-10-20)17-15(22-13)19-6-3-2-4-7-19/h5,8,20-21H,1-4,6-7,9-10H2. The largest absolute Gasteiger partial charge is 0.507 e. The van der Waals surface area contributed by atoms with Gasteiger partial charge in [-0.2, -0.15) is 0 Å². The van der Waals surface area contributed by atoms with Crippen molar-refractivity contribution in [3.63, 3.8) is 0 Å². The van der Waals surface area contributed by atoms with Crippen molar-refractivity contribution < 1.29 is 10.2 Å². The average molecular weight is 320 g/mol. The molecule has 6 nitrogen and oxygen atoms in total. The third-order valence-electron chi connectivity index (χ3n) is 3.77. The Morgan fingerprint density at radius 3 is 2.77 bits per heavy atom. The summed E-state index contributed by atoms with van der Waals surface area (Å²) in [6, 6.07) is 0. The Hall–Kier alpha value is -1.86. The van der Waals surface area contributed by atoms with E-state index in [-0.39, 0.29) is 12.4 Å². The third kappa shape index (κ3) is 2.86. The summed E-state index contributed by atoms with van der Waals surface area (Å²) >= 11 is 1.45. The van der Waals surface area contributed by atoms with Crippen LogP contribution in [0.2, 0.25) is 0 Å². The molecule has 0 radical (unpaired) electrons. The van der Waals surface area contributed by atoms with Gasteiger partial charge in [0.05, 0.1) is 6.61 Å². The molecule has 1 aliphatic heterocycles. The Bertz CT molecular complexity index is 658. The molecule has 2 N–H and O–H groups in total. The predicted molar refractivity (Wildman–Crippen MR) is 88.1 cm³/mol. The van der Waals surface area contributed by atoms with Crippen LogP contribution in [0.5, 0.6) is 0 Å². The minimum atomic E-state index is 0.00862. The van der Waals surface area contributed by atoms with Gasteiger partial charge in [0.15, 0.2) is 11.0 Å². The lowest BCUT2D eigenvalue weighted by molar-refractivity contribution is 0.276. The molecule has 0 bridgehead atoms. The van der Waals surface area contributed by atoms with Gasteiger partial charge in [-0.3, -0.25) is 0 Å². The van der Waals surface area contributed by atoms with E-state index in [1.54, 1.807) is 12.4 Å². The van der Waals surface area contributed by atoms with Crippen LogP contribution in [0.25, 0.3) is 17.3 Å². The Morgan fingerprint density at radius 1 is 1.32 bits per heavy atom. The smallest absolute Gasteiger partial charge is 0.186 e. The lowest BCUT2D eigenvalue weighted by Crippen LogP contribution is -2.29. The van der Waals surface area contributed by atoms with Crippen molar-refractivity contribution in [2.45, 2.75) is 25.8 Å². The number of nitrogens with zero attached hydrogens (tertiary/aromatic N) is 4. The molecule has 0 unspecified atom stereocenters. The van der Waals surface area contributed by atoms with Gasteiger partial charge >= 0.3 is 0 Å². The van der Waals surface area contributed by atoms with Crippen LogP contribution in [0.15, 0.2) is 19.0 Å². The number of thiazole rings is 1. The number of hydrogen-bond acceptors (Lipinski definition) is 6. The second-order valence-electron chi connectivity index (χ2n) is 5.34. The SMILES string of the molecule is C=C(O)c1sc(N2CCCCC2)nc1-c1nccn1CCO. The van der Waals surface area contributed by atoms with Crippen LogP contribution in [0.4, 0.5) is 5.13 Å². The first-order valence-electron chi connectivity index (χ1n) is 7.47. The quantitative estimate of drug-likeness (QED) is 0.828. The number of hydrogen-bond donors (Lipinski definition) is 2. The molecule has 7 heteroatoms. The molecule has 1 saturated heterocycles. The first-order valence-corrected chi connectivity index (χ1v) is 8.28. The molecule has 2 aromatic rings. The molecule has 1 aliphatic rings. The first-order chi connectivity index (χ1) is 10.7. The molecular formula is C15H20N4O2S. The van der Waals surface area contributed by atoms with Gasteiger partial charge in [0, 0.05) is 32.0 Å². The van der Waals surface area contributed by atoms with Crippen molar-refractivity contribution in [2.24, 2.45) is 0 Å². The van der Waals surface area contributed by atoms with E-state index in [1.165, 1.54) is 30.6 Å². The van der Waals surface area contributed by atoms with Crippen LogP contribution in [-0.2, 0) is 6.54 Å². The first kappa shape index (κ1) is 15.1. The van der Waals surface area contributed by atoms with Crippen molar-refractivity contribution in [1.82, 2.24) is 14.5 Å². The maximum absolute atomic E-state index is 9.91. The van der Waals surface area contributed by atoms with Crippen molar-refractivity contribution in [3.05, 3.63) is 23.8 Å². The van der Waals surface area contributed by atoms with E-state index in [0.717, 1.165) is 18.2 Å². The average Bonchev–Trinajstić information content (AvgIpc) is 3.14. The second kappa shape index (κ2) is 6.50. The van der Waals surface area contributed by atoms with Crippen molar-refractivity contribution >= 4 is 22.2 Å². The van der Waals surface area contributed by atoms with Crippen LogP contribution < -0.4 is 4.90 Å². The number of anilines is 1. The number of aromatic nitrogens is 3. The van der Waals surface area contributed by atoms with Gasteiger partial charge in [-0.05, 0) is 19.3 Å². The highest BCUT2D eigenvalue weighted by Crippen LogP contribution is 2.36. The van der Waals surface area contributed by atoms with E-state index in [9.17, 15) is 5.11 Å². The Morgan fingerprint density at radius 2 is 2.09 bits per heavy atom. The van der Waals surface area contributed by atoms with Crippen molar-refractivity contribution in [2.75, 3.05) is 24.6 Å². The fraction of sp³-hybridized carbons (Fsp3) is 0.467. The zero-order valence-corrected chi connectivity index (χ0v) is 13.2. The highest BCUT2D eigenvalue weighted by Gasteiger charge is 2.22. The van der Waals surface area contributed by atoms with E-state index in [4.69, 9.17) is 10.1 Å². The summed E-state index contributed by atoms with van der Waals surface area (Å²) in [5.41, 5.74) is 0.636. The zero-order valence-electron chi connectivity index (χ0n) is 12.4. The molecule has 22 heavy (non-hydrogen) atoms. The van der Waals surface area contributed by atoms with E-state index in [0.29, 0.717) is 22.9 Å². The number of imidazole rings is 1. The normalized spacial score (nSPS) is 15.2. The van der Waals surface area contributed by atoms with Gasteiger partial charge in [0.25, 0.3) is 0 Å². The van der Waals surface area contributed by atoms with Gasteiger partial charge in [0.2, 0.25) is 0 Å². The molecule has 3 heterocycles. The van der Waals surface area contributed by atoms with Crippen LogP contribution in [0.3, 0.4) is 0 Å². The lowest BCUT2D eigenvalue weighted by Gasteiger charge is -2.25. The fourth-order valence-corrected chi connectivity index (χ4v) is 3.67. The van der Waals surface area contributed by atoms with Crippen LogP contribution in [-0.4, -0.2) is 44.4 Å². The number of aliphatic hydroxyl groups is 2. The summed E-state index contributed by atoms with van der Waals surface area (Å²) in [5, 5.41) is 20.0. The minimum absolute atomic E-state index is 0.00862. The minimum Gasteiger partial charge on any atom is -0.507 e. The summed E-state index contributed by atoms with van der Waals surface area (Å²) in [4.78, 5) is 11.9. The van der Waals surface area contributed by atoms with E-state index in [1.807, 2.05) is 4.57 Å². The van der Waals surface area contributed by atoms with Gasteiger partial charge in [-0.1, -0.05) is 17.9 Å². The Labute approximate surface area is 133 Å². The van der Waals surface area contributed by atoms with Crippen molar-refractivity contribution in [3.8, 4) is 11.5 Å². The molecule has 0 aliphatic carbocycles. The molecule has 3 rings (SSSR count). The molecule has 0 aromatic carbocycles. The highest BCUT2D eigenvalue weighted by atomic mass is 32.1. The summed E-state index contributed by atoms with van der Waals surface area (Å²) in [5.74, 6) is 0.660. The number of aliphatic hydroxyl groups excluding tert-OH is 2. The van der Waals surface area contributed by atoms with E-state index >= 15 is 0 Å². The van der Waals surface area contributed by atoms with Crippen LogP contribution >= 0.6 is 11.3 Å². The molecule has 0 saturated carbocycles. The molecule has 0 atom stereocenters. The Balaban J connectivity index is 2.00. The van der Waals surface area contributed by atoms with Crippen LogP contribution in [0.1, 0.15) is 24.1 Å². The molecular weight excluding hydrogens is 300 g/mol. The summed E-state index contributed by atoms with van der Waals surface area (Å²) < 4.78 is 1.83. The number of piperidine rings is 1. The maximum atomic E-state index is 9.91. The van der Waals surface area contributed by atoms with Gasteiger partial charge in [0.1, 0.15) is 16.3 Å². The molecule has 2 aromatic heterocycles. The monoisotopic (exact) mass is 320 g/mol. The van der Waals surface area contributed by atoms with E-state index < -0.39 is 0 Å².